The van der Waals surface area contributed by atoms with Crippen LogP contribution < -0.4 is 10.6 Å². The molecule has 0 atom stereocenters. The van der Waals surface area contributed by atoms with Crippen molar-refractivity contribution in [2.45, 2.75) is 37.0 Å². The molecule has 0 spiro atoms. The quantitative estimate of drug-likeness (QED) is 0.912. The van der Waals surface area contributed by atoms with E-state index < -0.39 is 5.92 Å². The van der Waals surface area contributed by atoms with Crippen LogP contribution in [0.5, 0.6) is 0 Å². The summed E-state index contributed by atoms with van der Waals surface area (Å²) in [6, 6.07) is 8.10. The highest BCUT2D eigenvalue weighted by Gasteiger charge is 2.43. The molecular weight excluding hydrogens is 246 g/mol. The third-order valence-electron chi connectivity index (χ3n) is 4.30. The van der Waals surface area contributed by atoms with Gasteiger partial charge >= 0.3 is 0 Å². The van der Waals surface area contributed by atoms with Crippen LogP contribution in [0.2, 0.25) is 0 Å². The van der Waals surface area contributed by atoms with Crippen LogP contribution in [0.15, 0.2) is 24.3 Å². The van der Waals surface area contributed by atoms with E-state index in [-0.39, 0.29) is 18.3 Å². The summed E-state index contributed by atoms with van der Waals surface area (Å²) in [5, 5.41) is 0. The molecule has 0 radical (unpaired) electrons. The Labute approximate surface area is 113 Å². The second-order valence-corrected chi connectivity index (χ2v) is 5.79. The third kappa shape index (κ3) is 2.89. The Kier molecular flexibility index (Phi) is 3.81. The minimum Gasteiger partial charge on any atom is -0.378 e. The lowest BCUT2D eigenvalue weighted by Crippen LogP contribution is -2.42. The maximum absolute atomic E-state index is 13.4. The number of halogens is 2. The molecule has 1 aromatic rings. The van der Waals surface area contributed by atoms with E-state index >= 15 is 0 Å². The Hall–Kier alpha value is -1.16. The molecule has 2 N–H and O–H groups in total. The molecule has 4 heteroatoms. The predicted molar refractivity (Wildman–Crippen MR) is 74.9 cm³/mol. The Morgan fingerprint density at radius 2 is 1.79 bits per heavy atom. The predicted octanol–water partition coefficient (Wildman–Crippen LogP) is 3.16. The van der Waals surface area contributed by atoms with Crippen molar-refractivity contribution in [3.05, 3.63) is 29.8 Å². The summed E-state index contributed by atoms with van der Waals surface area (Å²) in [5.41, 5.74) is 7.82. The molecule has 1 saturated carbocycles. The SMILES string of the molecule is CN(C)c1cccc(C2(CN)CCC(F)(F)CC2)c1. The third-order valence-corrected chi connectivity index (χ3v) is 4.30. The zero-order valence-corrected chi connectivity index (χ0v) is 11.6. The van der Waals surface area contributed by atoms with E-state index in [1.165, 1.54) is 0 Å². The number of nitrogens with two attached hydrogens (primary N) is 1. The van der Waals surface area contributed by atoms with Gasteiger partial charge in [0.05, 0.1) is 0 Å². The molecule has 0 amide bonds. The lowest BCUT2D eigenvalue weighted by molar-refractivity contribution is -0.0509. The van der Waals surface area contributed by atoms with Crippen LogP contribution in [0.1, 0.15) is 31.2 Å². The molecule has 1 fully saturated rings. The molecule has 2 nitrogen and oxygen atoms in total. The van der Waals surface area contributed by atoms with Crippen LogP contribution in [-0.4, -0.2) is 26.6 Å². The Morgan fingerprint density at radius 3 is 2.32 bits per heavy atom. The molecular formula is C15H22F2N2. The highest BCUT2D eigenvalue weighted by atomic mass is 19.3. The zero-order chi connectivity index (χ0) is 14.1. The average molecular weight is 268 g/mol. The van der Waals surface area contributed by atoms with Crippen molar-refractivity contribution in [2.75, 3.05) is 25.5 Å². The maximum Gasteiger partial charge on any atom is 0.248 e. The van der Waals surface area contributed by atoms with Gasteiger partial charge in [0.1, 0.15) is 0 Å². The summed E-state index contributed by atoms with van der Waals surface area (Å²) in [7, 11) is 3.95. The summed E-state index contributed by atoms with van der Waals surface area (Å²) in [6.45, 7) is 0.431. The molecule has 0 unspecified atom stereocenters. The van der Waals surface area contributed by atoms with E-state index in [1.54, 1.807) is 0 Å². The Bertz CT molecular complexity index is 434. The normalized spacial score (nSPS) is 21.1. The summed E-state index contributed by atoms with van der Waals surface area (Å²) in [6.07, 6.45) is 0.813. The minimum atomic E-state index is -2.52. The van der Waals surface area contributed by atoms with Gasteiger partial charge in [0.25, 0.3) is 0 Å². The first kappa shape index (κ1) is 14.3. The monoisotopic (exact) mass is 268 g/mol. The van der Waals surface area contributed by atoms with Gasteiger partial charge in [-0.3, -0.25) is 0 Å². The zero-order valence-electron chi connectivity index (χ0n) is 11.6. The first-order valence-corrected chi connectivity index (χ1v) is 6.74. The van der Waals surface area contributed by atoms with Crippen LogP contribution in [0.4, 0.5) is 14.5 Å². The second kappa shape index (κ2) is 5.08. The van der Waals surface area contributed by atoms with Crippen LogP contribution in [0.3, 0.4) is 0 Å². The van der Waals surface area contributed by atoms with Crippen molar-refractivity contribution in [3.8, 4) is 0 Å². The van der Waals surface area contributed by atoms with E-state index in [9.17, 15) is 8.78 Å². The van der Waals surface area contributed by atoms with Crippen LogP contribution in [0.25, 0.3) is 0 Å². The molecule has 2 rings (SSSR count). The molecule has 0 aromatic heterocycles. The molecule has 0 heterocycles. The fourth-order valence-electron chi connectivity index (χ4n) is 2.82. The van der Waals surface area contributed by atoms with E-state index in [0.29, 0.717) is 19.4 Å². The fourth-order valence-corrected chi connectivity index (χ4v) is 2.82. The lowest BCUT2D eigenvalue weighted by atomic mass is 9.68. The molecule has 0 bridgehead atoms. The lowest BCUT2D eigenvalue weighted by Gasteiger charge is -2.40. The summed E-state index contributed by atoms with van der Waals surface area (Å²) in [5.74, 6) is -2.52. The highest BCUT2D eigenvalue weighted by Crippen LogP contribution is 2.45. The first-order chi connectivity index (χ1) is 8.88. The van der Waals surface area contributed by atoms with Crippen molar-refractivity contribution in [2.24, 2.45) is 5.73 Å². The minimum absolute atomic E-state index is 0.0591. The molecule has 1 aliphatic carbocycles. The number of hydrogen-bond acceptors (Lipinski definition) is 2. The van der Waals surface area contributed by atoms with Crippen LogP contribution in [0, 0.1) is 0 Å². The van der Waals surface area contributed by atoms with Gasteiger partial charge in [-0.1, -0.05) is 12.1 Å². The number of hydrogen-bond donors (Lipinski definition) is 1. The van der Waals surface area contributed by atoms with Crippen molar-refractivity contribution in [1.29, 1.82) is 0 Å². The molecule has 1 aromatic carbocycles. The highest BCUT2D eigenvalue weighted by molar-refractivity contribution is 5.49. The van der Waals surface area contributed by atoms with E-state index in [2.05, 4.69) is 6.07 Å². The van der Waals surface area contributed by atoms with E-state index in [0.717, 1.165) is 11.3 Å². The molecule has 19 heavy (non-hydrogen) atoms. The molecule has 1 aliphatic rings. The standard InChI is InChI=1S/C15H22F2N2/c1-19(2)13-5-3-4-12(10-13)14(11-18)6-8-15(16,17)9-7-14/h3-5,10H,6-9,11,18H2,1-2H3. The van der Waals surface area contributed by atoms with Crippen molar-refractivity contribution in [1.82, 2.24) is 0 Å². The van der Waals surface area contributed by atoms with Crippen LogP contribution in [-0.2, 0) is 5.41 Å². The van der Waals surface area contributed by atoms with Crippen molar-refractivity contribution < 1.29 is 8.78 Å². The average Bonchev–Trinajstić information content (AvgIpc) is 2.39. The Morgan fingerprint density at radius 1 is 1.16 bits per heavy atom. The van der Waals surface area contributed by atoms with Gasteiger partial charge in [-0.15, -0.1) is 0 Å². The summed E-state index contributed by atoms with van der Waals surface area (Å²) < 4.78 is 26.7. The van der Waals surface area contributed by atoms with E-state index in [1.807, 2.05) is 37.2 Å². The van der Waals surface area contributed by atoms with Gasteiger partial charge in [-0.2, -0.15) is 0 Å². The van der Waals surface area contributed by atoms with Crippen LogP contribution >= 0.6 is 0 Å². The van der Waals surface area contributed by atoms with Gasteiger partial charge in [0.15, 0.2) is 0 Å². The molecule has 106 valence electrons. The summed E-state index contributed by atoms with van der Waals surface area (Å²) in [4.78, 5) is 2.02. The van der Waals surface area contributed by atoms with Crippen molar-refractivity contribution >= 4 is 5.69 Å². The van der Waals surface area contributed by atoms with Gasteiger partial charge in [-0.05, 0) is 30.5 Å². The number of rotatable bonds is 3. The maximum atomic E-state index is 13.4. The van der Waals surface area contributed by atoms with Gasteiger partial charge in [-0.25, -0.2) is 8.78 Å². The van der Waals surface area contributed by atoms with Gasteiger partial charge in [0.2, 0.25) is 5.92 Å². The number of benzene rings is 1. The van der Waals surface area contributed by atoms with E-state index in [4.69, 9.17) is 5.73 Å². The Balaban J connectivity index is 2.29. The number of nitrogens with zero attached hydrogens (tertiary/aromatic N) is 1. The topological polar surface area (TPSA) is 29.3 Å². The number of alkyl halides is 2. The largest absolute Gasteiger partial charge is 0.378 e. The van der Waals surface area contributed by atoms with Gasteiger partial charge < -0.3 is 10.6 Å². The van der Waals surface area contributed by atoms with Gasteiger partial charge in [0, 0.05) is 44.6 Å². The van der Waals surface area contributed by atoms with Crippen molar-refractivity contribution in [3.63, 3.8) is 0 Å². The summed E-state index contributed by atoms with van der Waals surface area (Å²) >= 11 is 0. The fraction of sp³-hybridized carbons (Fsp3) is 0.600. The smallest absolute Gasteiger partial charge is 0.248 e. The number of anilines is 1. The second-order valence-electron chi connectivity index (χ2n) is 5.79. The molecule has 0 aliphatic heterocycles. The first-order valence-electron chi connectivity index (χ1n) is 6.74. The molecule has 0 saturated heterocycles.